The molecular weight excluding hydrogens is 684 g/mol. The van der Waals surface area contributed by atoms with Gasteiger partial charge in [0.2, 0.25) is 6.54 Å². The van der Waals surface area contributed by atoms with Crippen molar-refractivity contribution >= 4 is 23.4 Å². The minimum atomic E-state index is -1.26. The van der Waals surface area contributed by atoms with E-state index in [2.05, 4.69) is 5.32 Å². The molecule has 0 radical (unpaired) electrons. The molecule has 6 rings (SSSR count). The molecule has 0 aromatic heterocycles. The van der Waals surface area contributed by atoms with E-state index in [4.69, 9.17) is 9.47 Å². The third kappa shape index (κ3) is 8.75. The number of esters is 2. The number of hydrogen-bond donors (Lipinski definition) is 3. The number of nitroso groups, excluding NO2 is 1. The van der Waals surface area contributed by atoms with E-state index in [1.54, 1.807) is 0 Å². The van der Waals surface area contributed by atoms with Crippen LogP contribution in [0, 0.1) is 46.4 Å². The van der Waals surface area contributed by atoms with Gasteiger partial charge in [0.25, 0.3) is 5.91 Å². The zero-order chi connectivity index (χ0) is 39.4. The van der Waals surface area contributed by atoms with Gasteiger partial charge >= 0.3 is 17.5 Å². The number of aryl methyl sites for hydroxylation is 6. The molecule has 0 bridgehead atoms. The number of benzene rings is 3. The third-order valence-corrected chi connectivity index (χ3v) is 11.5. The number of aliphatic hydroxyl groups is 2. The van der Waals surface area contributed by atoms with Crippen LogP contribution in [0.15, 0.2) is 60.4 Å². The first-order valence-corrected chi connectivity index (χ1v) is 18.9. The first-order valence-electron chi connectivity index (χ1n) is 18.9. The first-order chi connectivity index (χ1) is 25.6. The van der Waals surface area contributed by atoms with E-state index >= 15 is 0 Å². The molecule has 2 aliphatic carbocycles. The highest BCUT2D eigenvalue weighted by Crippen LogP contribution is 2.42. The monoisotopic (exact) mass is 739 g/mol. The SMILES string of the molecule is COC(=O)C1([N+](=O)Cc2ccc(C)cc2C)CCC(OC(=O)Cc2ccc(C)cc2C)CC1.Cc1ccc(C2=C(O)C3(CCC(O)CC3)NC2=O)c(C)c1. The van der Waals surface area contributed by atoms with Crippen molar-refractivity contribution in [1.82, 2.24) is 5.32 Å². The Morgan fingerprint density at radius 3 is 1.87 bits per heavy atom. The summed E-state index contributed by atoms with van der Waals surface area (Å²) in [4.78, 5) is 50.9. The molecule has 1 heterocycles. The van der Waals surface area contributed by atoms with Crippen LogP contribution >= 0.6 is 0 Å². The zero-order valence-electron chi connectivity index (χ0n) is 32.7. The van der Waals surface area contributed by atoms with Gasteiger partial charge in [-0.1, -0.05) is 71.3 Å². The summed E-state index contributed by atoms with van der Waals surface area (Å²) in [6.45, 7) is 12.0. The smallest absolute Gasteiger partial charge is 0.382 e. The lowest BCUT2D eigenvalue weighted by molar-refractivity contribution is -0.633. The van der Waals surface area contributed by atoms with Crippen molar-refractivity contribution in [1.29, 1.82) is 0 Å². The van der Waals surface area contributed by atoms with Gasteiger partial charge in [-0.25, -0.2) is 4.79 Å². The summed E-state index contributed by atoms with van der Waals surface area (Å²) in [5.41, 5.74) is 7.56. The fourth-order valence-electron chi connectivity index (χ4n) is 8.18. The average molecular weight is 740 g/mol. The molecule has 3 aromatic carbocycles. The van der Waals surface area contributed by atoms with Gasteiger partial charge in [0.05, 0.1) is 30.7 Å². The topological polar surface area (TPSA) is 142 Å². The van der Waals surface area contributed by atoms with Crippen LogP contribution in [0.25, 0.3) is 5.57 Å². The maximum absolute atomic E-state index is 13.3. The Bertz CT molecular complexity index is 1950. The minimum absolute atomic E-state index is 0.109. The molecular formula is C44H55N2O8+. The second-order valence-electron chi connectivity index (χ2n) is 15.6. The molecule has 0 saturated heterocycles. The number of nitrogens with one attached hydrogen (secondary N) is 1. The van der Waals surface area contributed by atoms with Crippen LogP contribution in [0.2, 0.25) is 0 Å². The van der Waals surface area contributed by atoms with E-state index in [-0.39, 0.29) is 55.7 Å². The van der Waals surface area contributed by atoms with Gasteiger partial charge in [-0.15, -0.1) is 0 Å². The number of methoxy groups -OCH3 is 1. The van der Waals surface area contributed by atoms with E-state index in [0.717, 1.165) is 54.8 Å². The standard InChI is InChI=1S/C27H34NO5.C17H21NO3/c1-18-6-8-22(20(3)14-18)16-25(29)33-24-10-12-27(13-11-24,26(30)32-5)28(31)17-23-9-7-19(2)15-21(23)4;1-10-3-4-13(11(2)9-10)14-15(20)17(18-16(14)21)7-5-12(19)6-8-17/h6-9,14-15,24H,10-13,16-17H2,1-5H3;3-4,9,12,19-20H,5-8H2,1-2H3,(H,18,21)/q+1;. The summed E-state index contributed by atoms with van der Waals surface area (Å²) in [5.74, 6) is -0.878. The Hall–Kier alpha value is -4.83. The van der Waals surface area contributed by atoms with E-state index in [1.807, 2.05) is 96.1 Å². The molecule has 2 saturated carbocycles. The Labute approximate surface area is 318 Å². The van der Waals surface area contributed by atoms with Crippen LogP contribution in [-0.4, -0.2) is 63.2 Å². The largest absolute Gasteiger partial charge is 0.509 e. The lowest BCUT2D eigenvalue weighted by atomic mass is 9.79. The first kappa shape index (κ1) is 40.4. The Morgan fingerprint density at radius 1 is 0.796 bits per heavy atom. The lowest BCUT2D eigenvalue weighted by Crippen LogP contribution is -2.52. The summed E-state index contributed by atoms with van der Waals surface area (Å²) in [5, 5.41) is 23.3. The van der Waals surface area contributed by atoms with Crippen LogP contribution in [-0.2, 0) is 36.8 Å². The maximum Gasteiger partial charge on any atom is 0.382 e. The molecule has 2 fully saturated rings. The molecule has 3 aliphatic rings. The predicted octanol–water partition coefficient (Wildman–Crippen LogP) is 7.22. The van der Waals surface area contributed by atoms with Gasteiger partial charge in [0.15, 0.2) is 0 Å². The number of ether oxygens (including phenoxy) is 2. The fourth-order valence-corrected chi connectivity index (χ4v) is 8.18. The highest BCUT2D eigenvalue weighted by molar-refractivity contribution is 6.23. The number of amides is 1. The number of hydrogen-bond acceptors (Lipinski definition) is 8. The Balaban J connectivity index is 0.000000228. The van der Waals surface area contributed by atoms with E-state index in [9.17, 15) is 29.5 Å². The highest BCUT2D eigenvalue weighted by Gasteiger charge is 2.56. The molecule has 3 N–H and O–H groups in total. The number of aliphatic hydroxyl groups excluding tert-OH is 2. The summed E-state index contributed by atoms with van der Waals surface area (Å²) < 4.78 is 11.6. The second-order valence-corrected chi connectivity index (χ2v) is 15.6. The number of nitrogens with zero attached hydrogens (tertiary/aromatic N) is 1. The van der Waals surface area contributed by atoms with Crippen molar-refractivity contribution < 1.29 is 38.8 Å². The molecule has 10 nitrogen and oxygen atoms in total. The maximum atomic E-state index is 13.3. The van der Waals surface area contributed by atoms with Gasteiger partial charge in [0.1, 0.15) is 11.9 Å². The van der Waals surface area contributed by atoms with Crippen molar-refractivity contribution in [2.75, 3.05) is 7.11 Å². The minimum Gasteiger partial charge on any atom is -0.509 e. The predicted molar refractivity (Wildman–Crippen MR) is 207 cm³/mol. The molecule has 3 aromatic rings. The van der Waals surface area contributed by atoms with Crippen molar-refractivity contribution in [3.63, 3.8) is 0 Å². The summed E-state index contributed by atoms with van der Waals surface area (Å²) in [7, 11) is 1.31. The molecule has 0 atom stereocenters. The molecule has 1 spiro atoms. The molecule has 0 unspecified atom stereocenters. The fraction of sp³-hybridized carbons (Fsp3) is 0.477. The Kier molecular flexibility index (Phi) is 12.5. The quantitative estimate of drug-likeness (QED) is 0.163. The van der Waals surface area contributed by atoms with Crippen molar-refractivity contribution in [3.8, 4) is 0 Å². The van der Waals surface area contributed by atoms with Crippen molar-refractivity contribution in [3.05, 3.63) is 115 Å². The Morgan fingerprint density at radius 2 is 1.33 bits per heavy atom. The van der Waals surface area contributed by atoms with Crippen LogP contribution < -0.4 is 5.32 Å². The van der Waals surface area contributed by atoms with E-state index in [0.29, 0.717) is 44.1 Å². The van der Waals surface area contributed by atoms with Gasteiger partial charge in [-0.05, 0) is 108 Å². The van der Waals surface area contributed by atoms with E-state index in [1.165, 1.54) is 7.11 Å². The molecule has 1 aliphatic heterocycles. The van der Waals surface area contributed by atoms with Crippen LogP contribution in [0.5, 0.6) is 0 Å². The van der Waals surface area contributed by atoms with Gasteiger partial charge in [-0.2, -0.15) is 0 Å². The lowest BCUT2D eigenvalue weighted by Gasteiger charge is -2.35. The van der Waals surface area contributed by atoms with Crippen molar-refractivity contribution in [2.45, 2.75) is 129 Å². The highest BCUT2D eigenvalue weighted by atomic mass is 16.5. The summed E-state index contributed by atoms with van der Waals surface area (Å²) in [6, 6.07) is 17.8. The third-order valence-electron chi connectivity index (χ3n) is 11.5. The molecule has 10 heteroatoms. The van der Waals surface area contributed by atoms with Crippen LogP contribution in [0.1, 0.15) is 101 Å². The van der Waals surface area contributed by atoms with Crippen molar-refractivity contribution in [2.24, 2.45) is 0 Å². The van der Waals surface area contributed by atoms with E-state index < -0.39 is 17.0 Å². The van der Waals surface area contributed by atoms with Gasteiger partial charge in [-0.3, -0.25) is 9.59 Å². The zero-order valence-corrected chi connectivity index (χ0v) is 32.7. The van der Waals surface area contributed by atoms with Crippen LogP contribution in [0.4, 0.5) is 0 Å². The summed E-state index contributed by atoms with van der Waals surface area (Å²) >= 11 is 0. The van der Waals surface area contributed by atoms with Crippen LogP contribution in [0.3, 0.4) is 0 Å². The molecule has 54 heavy (non-hydrogen) atoms. The number of rotatable bonds is 8. The normalized spacial score (nSPS) is 23.7. The molecule has 288 valence electrons. The average Bonchev–Trinajstić information content (AvgIpc) is 3.36. The second kappa shape index (κ2) is 16.7. The summed E-state index contributed by atoms with van der Waals surface area (Å²) in [6.07, 6.45) is 3.41. The number of carbonyl (C=O) groups excluding carboxylic acids is 3. The van der Waals surface area contributed by atoms with Gasteiger partial charge in [0, 0.05) is 28.1 Å². The van der Waals surface area contributed by atoms with Gasteiger partial charge < -0.3 is 25.0 Å². The molecule has 1 amide bonds. The number of carbonyl (C=O) groups is 3.